The Balaban J connectivity index is 2.11. The number of benzene rings is 1. The second-order valence-corrected chi connectivity index (χ2v) is 6.27. The molecule has 1 N–H and O–H groups in total. The minimum Gasteiger partial charge on any atom is -0.466 e. The van der Waals surface area contributed by atoms with Crippen LogP contribution in [0.15, 0.2) is 30.3 Å². The van der Waals surface area contributed by atoms with E-state index in [4.69, 9.17) is 4.74 Å². The summed E-state index contributed by atoms with van der Waals surface area (Å²) in [5, 5.41) is 9.34. The van der Waals surface area contributed by atoms with E-state index in [2.05, 4.69) is 0 Å². The van der Waals surface area contributed by atoms with Gasteiger partial charge in [0.2, 0.25) is 5.91 Å². The van der Waals surface area contributed by atoms with Gasteiger partial charge in [0.05, 0.1) is 12.0 Å². The molecule has 2 rings (SSSR count). The van der Waals surface area contributed by atoms with Crippen LogP contribution in [0.5, 0.6) is 0 Å². The van der Waals surface area contributed by atoms with Gasteiger partial charge in [-0.2, -0.15) is 0 Å². The molecule has 0 aromatic heterocycles. The largest absolute Gasteiger partial charge is 0.466 e. The first-order valence-corrected chi connectivity index (χ1v) is 8.11. The van der Waals surface area contributed by atoms with E-state index in [0.717, 1.165) is 5.56 Å². The second kappa shape index (κ2) is 7.59. The molecular formula is C18H25NO4. The Kier molecular flexibility index (Phi) is 5.77. The molecule has 1 aromatic carbocycles. The maximum Gasteiger partial charge on any atom is 0.312 e. The van der Waals surface area contributed by atoms with Gasteiger partial charge in [0.1, 0.15) is 0 Å². The van der Waals surface area contributed by atoms with Crippen LogP contribution in [0.3, 0.4) is 0 Å². The van der Waals surface area contributed by atoms with Gasteiger partial charge in [0.15, 0.2) is 0 Å². The van der Waals surface area contributed by atoms with Gasteiger partial charge in [0.25, 0.3) is 0 Å². The van der Waals surface area contributed by atoms with Gasteiger partial charge in [-0.1, -0.05) is 30.3 Å². The van der Waals surface area contributed by atoms with Crippen LogP contribution in [0.1, 0.15) is 32.3 Å². The van der Waals surface area contributed by atoms with Crippen LogP contribution in [0, 0.1) is 11.3 Å². The highest BCUT2D eigenvalue weighted by atomic mass is 16.5. The molecule has 1 aliphatic heterocycles. The average Bonchev–Trinajstić information content (AvgIpc) is 2.90. The number of nitrogens with zero attached hydrogens (tertiary/aromatic N) is 1. The fourth-order valence-corrected chi connectivity index (χ4v) is 3.16. The SMILES string of the molecule is CCOC(=O)C(C)(CCO)C1CC(=O)N(Cc2ccccc2)C1. The molecule has 0 spiro atoms. The Labute approximate surface area is 137 Å². The fraction of sp³-hybridized carbons (Fsp3) is 0.556. The monoisotopic (exact) mass is 319 g/mol. The Hall–Kier alpha value is -1.88. The summed E-state index contributed by atoms with van der Waals surface area (Å²) in [5.41, 5.74) is 0.243. The first kappa shape index (κ1) is 17.5. The maximum absolute atomic E-state index is 12.4. The third-order valence-corrected chi connectivity index (χ3v) is 4.70. The number of aliphatic hydroxyl groups is 1. The molecule has 23 heavy (non-hydrogen) atoms. The number of amides is 1. The molecule has 0 bridgehead atoms. The fourth-order valence-electron chi connectivity index (χ4n) is 3.16. The number of likely N-dealkylation sites (tertiary alicyclic amines) is 1. The Morgan fingerprint density at radius 2 is 2.09 bits per heavy atom. The highest BCUT2D eigenvalue weighted by molar-refractivity contribution is 5.82. The molecule has 2 atom stereocenters. The van der Waals surface area contributed by atoms with E-state index in [0.29, 0.717) is 32.5 Å². The minimum absolute atomic E-state index is 0.0484. The van der Waals surface area contributed by atoms with Gasteiger partial charge in [0, 0.05) is 32.0 Å². The molecule has 1 aromatic rings. The molecule has 1 amide bonds. The van der Waals surface area contributed by atoms with E-state index >= 15 is 0 Å². The molecule has 0 radical (unpaired) electrons. The zero-order chi connectivity index (χ0) is 16.9. The molecule has 1 heterocycles. The van der Waals surface area contributed by atoms with Crippen molar-refractivity contribution < 1.29 is 19.4 Å². The van der Waals surface area contributed by atoms with Crippen molar-refractivity contribution in [3.63, 3.8) is 0 Å². The molecule has 5 nitrogen and oxygen atoms in total. The molecule has 1 aliphatic rings. The summed E-state index contributed by atoms with van der Waals surface area (Å²) in [4.78, 5) is 26.5. The summed E-state index contributed by atoms with van der Waals surface area (Å²) < 4.78 is 5.18. The van der Waals surface area contributed by atoms with E-state index in [-0.39, 0.29) is 24.4 Å². The van der Waals surface area contributed by atoms with Gasteiger partial charge < -0.3 is 14.7 Å². The number of rotatable bonds is 7. The smallest absolute Gasteiger partial charge is 0.312 e. The zero-order valence-electron chi connectivity index (χ0n) is 13.8. The predicted molar refractivity (Wildman–Crippen MR) is 86.4 cm³/mol. The lowest BCUT2D eigenvalue weighted by Crippen LogP contribution is -2.39. The van der Waals surface area contributed by atoms with E-state index in [1.807, 2.05) is 30.3 Å². The molecule has 1 saturated heterocycles. The van der Waals surface area contributed by atoms with Crippen LogP contribution in [-0.4, -0.2) is 41.6 Å². The third kappa shape index (κ3) is 3.91. The quantitative estimate of drug-likeness (QED) is 0.781. The topological polar surface area (TPSA) is 66.8 Å². The van der Waals surface area contributed by atoms with Crippen molar-refractivity contribution in [3.8, 4) is 0 Å². The highest BCUT2D eigenvalue weighted by Crippen LogP contribution is 2.39. The van der Waals surface area contributed by atoms with Crippen LogP contribution in [-0.2, 0) is 20.9 Å². The lowest BCUT2D eigenvalue weighted by atomic mass is 9.74. The third-order valence-electron chi connectivity index (χ3n) is 4.70. The van der Waals surface area contributed by atoms with Crippen molar-refractivity contribution >= 4 is 11.9 Å². The van der Waals surface area contributed by atoms with Gasteiger partial charge in [-0.05, 0) is 25.8 Å². The van der Waals surface area contributed by atoms with Crippen LogP contribution < -0.4 is 0 Å². The number of aliphatic hydroxyl groups excluding tert-OH is 1. The second-order valence-electron chi connectivity index (χ2n) is 6.27. The number of hydrogen-bond acceptors (Lipinski definition) is 4. The molecular weight excluding hydrogens is 294 g/mol. The van der Waals surface area contributed by atoms with Crippen LogP contribution >= 0.6 is 0 Å². The molecule has 126 valence electrons. The van der Waals surface area contributed by atoms with Crippen molar-refractivity contribution in [1.29, 1.82) is 0 Å². The maximum atomic E-state index is 12.4. The highest BCUT2D eigenvalue weighted by Gasteiger charge is 2.47. The summed E-state index contributed by atoms with van der Waals surface area (Å²) in [6, 6.07) is 9.80. The molecule has 2 unspecified atom stereocenters. The normalized spacial score (nSPS) is 20.4. The van der Waals surface area contributed by atoms with Crippen LogP contribution in [0.2, 0.25) is 0 Å². The number of carbonyl (C=O) groups excluding carboxylic acids is 2. The lowest BCUT2D eigenvalue weighted by molar-refractivity contribution is -0.159. The summed E-state index contributed by atoms with van der Waals surface area (Å²) in [6.45, 7) is 4.83. The minimum atomic E-state index is -0.828. The van der Waals surface area contributed by atoms with Crippen molar-refractivity contribution in [3.05, 3.63) is 35.9 Å². The Bertz CT molecular complexity index is 545. The predicted octanol–water partition coefficient (Wildman–Crippen LogP) is 1.99. The number of esters is 1. The first-order valence-electron chi connectivity index (χ1n) is 8.11. The van der Waals surface area contributed by atoms with Crippen molar-refractivity contribution in [1.82, 2.24) is 4.90 Å². The van der Waals surface area contributed by atoms with Gasteiger partial charge in [-0.15, -0.1) is 0 Å². The van der Waals surface area contributed by atoms with Gasteiger partial charge >= 0.3 is 5.97 Å². The number of hydrogen-bond donors (Lipinski definition) is 1. The number of carbonyl (C=O) groups is 2. The summed E-state index contributed by atoms with van der Waals surface area (Å²) in [6.07, 6.45) is 0.630. The van der Waals surface area contributed by atoms with Crippen molar-refractivity contribution in [2.45, 2.75) is 33.2 Å². The Morgan fingerprint density at radius 3 is 2.70 bits per heavy atom. The Morgan fingerprint density at radius 1 is 1.39 bits per heavy atom. The lowest BCUT2D eigenvalue weighted by Gasteiger charge is -2.32. The van der Waals surface area contributed by atoms with E-state index in [9.17, 15) is 14.7 Å². The van der Waals surface area contributed by atoms with Crippen molar-refractivity contribution in [2.75, 3.05) is 19.8 Å². The van der Waals surface area contributed by atoms with E-state index < -0.39 is 5.41 Å². The molecule has 1 fully saturated rings. The summed E-state index contributed by atoms with van der Waals surface area (Å²) >= 11 is 0. The van der Waals surface area contributed by atoms with Crippen molar-refractivity contribution in [2.24, 2.45) is 11.3 Å². The van der Waals surface area contributed by atoms with Crippen LogP contribution in [0.4, 0.5) is 0 Å². The molecule has 0 saturated carbocycles. The molecule has 0 aliphatic carbocycles. The average molecular weight is 319 g/mol. The van der Waals surface area contributed by atoms with E-state index in [1.165, 1.54) is 0 Å². The number of ether oxygens (including phenoxy) is 1. The first-order chi connectivity index (χ1) is 11.0. The summed E-state index contributed by atoms with van der Waals surface area (Å²) in [5.74, 6) is -0.411. The zero-order valence-corrected chi connectivity index (χ0v) is 13.8. The molecule has 5 heteroatoms. The van der Waals surface area contributed by atoms with Gasteiger partial charge in [-0.25, -0.2) is 0 Å². The summed E-state index contributed by atoms with van der Waals surface area (Å²) in [7, 11) is 0. The van der Waals surface area contributed by atoms with Gasteiger partial charge in [-0.3, -0.25) is 9.59 Å². The standard InChI is InChI=1S/C18H25NO4/c1-3-23-17(22)18(2,9-10-20)15-11-16(21)19(13-15)12-14-7-5-4-6-8-14/h4-8,15,20H,3,9-13H2,1-2H3. The van der Waals surface area contributed by atoms with Crippen LogP contribution in [0.25, 0.3) is 0 Å². The van der Waals surface area contributed by atoms with E-state index in [1.54, 1.807) is 18.7 Å².